The lowest BCUT2D eigenvalue weighted by Gasteiger charge is -2.02. The molecule has 1 aliphatic rings. The minimum absolute atomic E-state index is 0.0443. The molecule has 1 aliphatic heterocycles. The van der Waals surface area contributed by atoms with Gasteiger partial charge in [0.05, 0.1) is 12.0 Å². The highest BCUT2D eigenvalue weighted by molar-refractivity contribution is 8.18. The van der Waals surface area contributed by atoms with Crippen molar-refractivity contribution < 1.29 is 24.1 Å². The van der Waals surface area contributed by atoms with Crippen LogP contribution in [-0.2, 0) is 9.53 Å². The predicted octanol–water partition coefficient (Wildman–Crippen LogP) is 4.33. The summed E-state index contributed by atoms with van der Waals surface area (Å²) in [6.07, 6.45) is 1.59. The average Bonchev–Trinajstić information content (AvgIpc) is 2.92. The topological polar surface area (TPSA) is 79.1 Å². The van der Waals surface area contributed by atoms with E-state index < -0.39 is 11.8 Å². The van der Waals surface area contributed by atoms with Crippen molar-refractivity contribution in [2.45, 2.75) is 0 Å². The van der Waals surface area contributed by atoms with Crippen molar-refractivity contribution in [3.8, 4) is 5.75 Å². The molecule has 0 aliphatic carbocycles. The molecule has 2 aromatic rings. The molecule has 0 aromatic heterocycles. The molecule has 3 rings (SSSR count). The van der Waals surface area contributed by atoms with Crippen LogP contribution in [0.15, 0.2) is 69.8 Å². The van der Waals surface area contributed by atoms with Crippen molar-refractivity contribution in [1.82, 2.24) is 0 Å². The van der Waals surface area contributed by atoms with E-state index in [2.05, 4.69) is 4.99 Å². The van der Waals surface area contributed by atoms with E-state index in [1.807, 2.05) is 0 Å². The minimum Gasteiger partial charge on any atom is -0.508 e. The fourth-order valence-electron chi connectivity index (χ4n) is 2.31. The number of aliphatic imine (C=N–C) groups is 1. The summed E-state index contributed by atoms with van der Waals surface area (Å²) in [6.45, 7) is 0. The van der Waals surface area contributed by atoms with Crippen LogP contribution in [0.25, 0.3) is 6.08 Å². The molecule has 2 N–H and O–H groups in total. The number of carbonyl (C=O) groups is 1. The number of nitrogens with zero attached hydrogens (tertiary/aromatic N) is 1. The summed E-state index contributed by atoms with van der Waals surface area (Å²) in [5.41, 5.74) is 0.533. The van der Waals surface area contributed by atoms with Crippen LogP contribution in [0.4, 0.5) is 10.1 Å². The van der Waals surface area contributed by atoms with Gasteiger partial charge in [0.25, 0.3) is 0 Å². The van der Waals surface area contributed by atoms with Crippen LogP contribution in [0.3, 0.4) is 0 Å². The Labute approximate surface area is 153 Å². The Morgan fingerprint density at radius 3 is 2.65 bits per heavy atom. The molecule has 7 heteroatoms. The number of hydrogen-bond donors (Lipinski definition) is 2. The molecule has 5 nitrogen and oxygen atoms in total. The number of benzene rings is 2. The molecule has 26 heavy (non-hydrogen) atoms. The van der Waals surface area contributed by atoms with E-state index in [1.54, 1.807) is 24.3 Å². The lowest BCUT2D eigenvalue weighted by molar-refractivity contribution is -0.135. The van der Waals surface area contributed by atoms with E-state index in [4.69, 9.17) is 4.74 Å². The highest BCUT2D eigenvalue weighted by atomic mass is 32.2. The summed E-state index contributed by atoms with van der Waals surface area (Å²) in [7, 11) is 1.19. The summed E-state index contributed by atoms with van der Waals surface area (Å²) in [5.74, 6) is -1.56. The molecular formula is C19H14FNO4S. The Bertz CT molecular complexity index is 966. The summed E-state index contributed by atoms with van der Waals surface area (Å²) >= 11 is 1.01. The van der Waals surface area contributed by atoms with Gasteiger partial charge in [0.1, 0.15) is 33.6 Å². The lowest BCUT2D eigenvalue weighted by atomic mass is 10.1. The Morgan fingerprint density at radius 1 is 1.19 bits per heavy atom. The number of aliphatic hydroxyl groups excluding tert-OH is 1. The van der Waals surface area contributed by atoms with Crippen molar-refractivity contribution in [3.05, 3.63) is 76.1 Å². The van der Waals surface area contributed by atoms with Crippen LogP contribution in [0.1, 0.15) is 5.56 Å². The minimum atomic E-state index is -0.774. The Balaban J connectivity index is 2.07. The highest BCUT2D eigenvalue weighted by Gasteiger charge is 2.33. The summed E-state index contributed by atoms with van der Waals surface area (Å²) in [6, 6.07) is 12.3. The van der Waals surface area contributed by atoms with Crippen molar-refractivity contribution >= 4 is 34.5 Å². The zero-order valence-electron chi connectivity index (χ0n) is 13.6. The number of hydrogen-bond acceptors (Lipinski definition) is 6. The van der Waals surface area contributed by atoms with Gasteiger partial charge in [-0.05, 0) is 35.9 Å². The number of halogens is 1. The first-order valence-corrected chi connectivity index (χ1v) is 8.35. The molecule has 0 unspecified atom stereocenters. The predicted molar refractivity (Wildman–Crippen MR) is 98.8 cm³/mol. The van der Waals surface area contributed by atoms with E-state index in [0.29, 0.717) is 10.5 Å². The number of aliphatic hydroxyl groups is 1. The van der Waals surface area contributed by atoms with Crippen molar-refractivity contribution in [2.24, 2.45) is 4.99 Å². The Kier molecular flexibility index (Phi) is 5.09. The molecule has 0 atom stereocenters. The number of aromatic hydroxyl groups is 1. The molecule has 0 amide bonds. The third kappa shape index (κ3) is 3.62. The van der Waals surface area contributed by atoms with Gasteiger partial charge in [0.2, 0.25) is 0 Å². The van der Waals surface area contributed by atoms with E-state index in [1.165, 1.54) is 37.4 Å². The highest BCUT2D eigenvalue weighted by Crippen LogP contribution is 2.40. The number of carbonyl (C=O) groups excluding carboxylic acids is 1. The van der Waals surface area contributed by atoms with Crippen molar-refractivity contribution in [1.29, 1.82) is 0 Å². The average molecular weight is 371 g/mol. The number of methoxy groups -OCH3 is 1. The van der Waals surface area contributed by atoms with Gasteiger partial charge in [0.15, 0.2) is 0 Å². The fraction of sp³-hybridized carbons (Fsp3) is 0.0526. The molecule has 2 aromatic carbocycles. The van der Waals surface area contributed by atoms with Crippen LogP contribution in [0.5, 0.6) is 5.75 Å². The number of rotatable bonds is 3. The second kappa shape index (κ2) is 7.45. The van der Waals surface area contributed by atoms with Gasteiger partial charge in [-0.2, -0.15) is 0 Å². The van der Waals surface area contributed by atoms with Gasteiger partial charge in [-0.1, -0.05) is 36.0 Å². The summed E-state index contributed by atoms with van der Waals surface area (Å²) in [4.78, 5) is 16.6. The molecule has 0 radical (unpaired) electrons. The first-order chi connectivity index (χ1) is 12.5. The van der Waals surface area contributed by atoms with Crippen molar-refractivity contribution in [3.63, 3.8) is 0 Å². The van der Waals surface area contributed by atoms with Crippen LogP contribution in [0, 0.1) is 5.82 Å². The third-order valence-corrected chi connectivity index (χ3v) is 4.54. The number of phenols is 1. The summed E-state index contributed by atoms with van der Waals surface area (Å²) < 4.78 is 18.6. The fourth-order valence-corrected chi connectivity index (χ4v) is 3.34. The zero-order valence-corrected chi connectivity index (χ0v) is 14.5. The second-order valence-corrected chi connectivity index (χ2v) is 6.32. The van der Waals surface area contributed by atoms with E-state index in [9.17, 15) is 19.4 Å². The molecule has 132 valence electrons. The molecule has 0 spiro atoms. The SMILES string of the molecule is COC(=O)C1=C(O)/C(=C/c2cccc(O)c2)SC1=Nc1ccccc1F. The molecular weight excluding hydrogens is 357 g/mol. The molecule has 1 heterocycles. The van der Waals surface area contributed by atoms with Crippen molar-refractivity contribution in [2.75, 3.05) is 7.11 Å². The zero-order chi connectivity index (χ0) is 18.7. The molecule has 0 fully saturated rings. The van der Waals surface area contributed by atoms with Gasteiger partial charge in [-0.25, -0.2) is 14.2 Å². The van der Waals surface area contributed by atoms with Gasteiger partial charge in [-0.3, -0.25) is 0 Å². The van der Waals surface area contributed by atoms with E-state index in [-0.39, 0.29) is 27.8 Å². The smallest absolute Gasteiger partial charge is 0.344 e. The maximum atomic E-state index is 13.9. The number of ether oxygens (including phenoxy) is 1. The lowest BCUT2D eigenvalue weighted by Crippen LogP contribution is -2.10. The van der Waals surface area contributed by atoms with Gasteiger partial charge < -0.3 is 14.9 Å². The summed E-state index contributed by atoms with van der Waals surface area (Å²) in [5, 5.41) is 20.1. The van der Waals surface area contributed by atoms with Gasteiger partial charge in [-0.15, -0.1) is 0 Å². The number of para-hydroxylation sites is 1. The molecule has 0 saturated heterocycles. The van der Waals surface area contributed by atoms with Gasteiger partial charge in [0, 0.05) is 0 Å². The maximum Gasteiger partial charge on any atom is 0.344 e. The van der Waals surface area contributed by atoms with Crippen LogP contribution in [-0.4, -0.2) is 28.3 Å². The Morgan fingerprint density at radius 2 is 1.96 bits per heavy atom. The van der Waals surface area contributed by atoms with Crippen LogP contribution < -0.4 is 0 Å². The van der Waals surface area contributed by atoms with E-state index in [0.717, 1.165) is 11.8 Å². The van der Waals surface area contributed by atoms with Gasteiger partial charge >= 0.3 is 5.97 Å². The maximum absolute atomic E-state index is 13.9. The number of esters is 1. The van der Waals surface area contributed by atoms with Crippen LogP contribution >= 0.6 is 11.8 Å². The van der Waals surface area contributed by atoms with E-state index >= 15 is 0 Å². The molecule has 0 bridgehead atoms. The number of phenolic OH excluding ortho intramolecular Hbond substituents is 1. The first-order valence-electron chi connectivity index (χ1n) is 7.53. The number of thioether (sulfide) groups is 1. The second-order valence-electron chi connectivity index (χ2n) is 5.29. The monoisotopic (exact) mass is 371 g/mol. The standard InChI is InChI=1S/C19H14FNO4S/c1-25-19(24)16-17(23)15(10-11-5-4-6-12(22)9-11)26-18(16)21-14-8-3-2-7-13(14)20/h2-10,22-23H,1H3/b15-10-,21-18?. The third-order valence-electron chi connectivity index (χ3n) is 3.52. The van der Waals surface area contributed by atoms with Crippen LogP contribution in [0.2, 0.25) is 0 Å². The normalized spacial score (nSPS) is 17.2. The Hall–Kier alpha value is -3.06. The first kappa shape index (κ1) is 17.8. The molecule has 0 saturated carbocycles. The largest absolute Gasteiger partial charge is 0.508 e. The quantitative estimate of drug-likeness (QED) is 0.785.